The number of hydrogen-bond acceptors (Lipinski definition) is 2. The van der Waals surface area contributed by atoms with E-state index < -0.39 is 24.8 Å². The predicted molar refractivity (Wildman–Crippen MR) is 57.5 cm³/mol. The van der Waals surface area contributed by atoms with Gasteiger partial charge in [0, 0.05) is 6.20 Å². The minimum atomic E-state index is -4.29. The average molecular weight is 305 g/mol. The number of nitrogens with zero attached hydrogens (tertiary/aromatic N) is 1. The van der Waals surface area contributed by atoms with E-state index >= 15 is 0 Å². The molecule has 1 rings (SSSR count). The molecule has 1 aromatic rings. The van der Waals surface area contributed by atoms with Crippen molar-refractivity contribution in [2.45, 2.75) is 12.3 Å². The summed E-state index contributed by atoms with van der Waals surface area (Å²) in [5.41, 5.74) is -0.158. The third-order valence-electron chi connectivity index (χ3n) is 1.86. The first-order valence-electron chi connectivity index (χ1n) is 4.49. The van der Waals surface area contributed by atoms with Crippen molar-refractivity contribution in [2.75, 3.05) is 6.54 Å². The Bertz CT molecular complexity index is 456. The van der Waals surface area contributed by atoms with Gasteiger partial charge >= 0.3 is 12.3 Å². The van der Waals surface area contributed by atoms with Crippen LogP contribution in [-0.2, 0) is 0 Å². The van der Waals surface area contributed by atoms with Crippen molar-refractivity contribution >= 4 is 29.1 Å². The van der Waals surface area contributed by atoms with E-state index in [2.05, 4.69) is 4.98 Å². The minimum absolute atomic E-state index is 0.0510. The molecule has 3 nitrogen and oxygen atoms in total. The van der Waals surface area contributed by atoms with Gasteiger partial charge < -0.3 is 5.32 Å². The normalized spacial score (nSPS) is 11.7. The molecule has 0 aromatic carbocycles. The van der Waals surface area contributed by atoms with Crippen LogP contribution >= 0.6 is 23.2 Å². The summed E-state index contributed by atoms with van der Waals surface area (Å²) in [7, 11) is 0. The van der Waals surface area contributed by atoms with Gasteiger partial charge in [-0.25, -0.2) is 13.8 Å². The first kappa shape index (κ1) is 15.0. The van der Waals surface area contributed by atoms with Gasteiger partial charge in [-0.15, -0.1) is 0 Å². The third-order valence-corrected chi connectivity index (χ3v) is 2.55. The highest BCUT2D eigenvalue weighted by Gasteiger charge is 2.40. The molecule has 1 aromatic heterocycles. The number of carbonyl (C=O) groups excluding carboxylic acids is 1. The van der Waals surface area contributed by atoms with E-state index in [0.717, 1.165) is 12.3 Å². The molecule has 0 saturated heterocycles. The lowest BCUT2D eigenvalue weighted by Gasteiger charge is -2.15. The van der Waals surface area contributed by atoms with Crippen molar-refractivity contribution in [3.8, 4) is 0 Å². The Labute approximate surface area is 109 Å². The average Bonchev–Trinajstić information content (AvgIpc) is 2.29. The number of halogens is 6. The third kappa shape index (κ3) is 3.71. The molecule has 9 heteroatoms. The molecule has 100 valence electrons. The molecule has 0 fully saturated rings. The number of nitrogens with one attached hydrogen (secondary N) is 1. The monoisotopic (exact) mass is 304 g/mol. The molecular weight excluding hydrogens is 299 g/mol. The van der Waals surface area contributed by atoms with E-state index in [4.69, 9.17) is 23.2 Å². The highest BCUT2D eigenvalue weighted by molar-refractivity contribution is 6.41. The number of pyridine rings is 1. The highest BCUT2D eigenvalue weighted by Crippen LogP contribution is 2.22. The number of carbonyl (C=O) groups is 1. The van der Waals surface area contributed by atoms with Crippen LogP contribution in [0.3, 0.4) is 0 Å². The minimum Gasteiger partial charge on any atom is -0.346 e. The van der Waals surface area contributed by atoms with Gasteiger partial charge in [-0.2, -0.15) is 8.78 Å². The Morgan fingerprint density at radius 1 is 1.44 bits per heavy atom. The van der Waals surface area contributed by atoms with Crippen molar-refractivity contribution < 1.29 is 22.4 Å². The zero-order chi connectivity index (χ0) is 13.9. The Kier molecular flexibility index (Phi) is 4.75. The zero-order valence-electron chi connectivity index (χ0n) is 8.56. The second kappa shape index (κ2) is 5.71. The SMILES string of the molecule is O=C(NCC(F)(F)C(F)F)c1cnc(Cl)c(Cl)c1. The number of aromatic nitrogens is 1. The van der Waals surface area contributed by atoms with E-state index in [-0.39, 0.29) is 15.7 Å². The fraction of sp³-hybridized carbons (Fsp3) is 0.333. The van der Waals surface area contributed by atoms with Crippen molar-refractivity contribution in [2.24, 2.45) is 0 Å². The molecule has 0 spiro atoms. The maximum atomic E-state index is 12.5. The van der Waals surface area contributed by atoms with Crippen molar-refractivity contribution in [1.82, 2.24) is 10.3 Å². The van der Waals surface area contributed by atoms with Crippen LogP contribution in [0.4, 0.5) is 17.6 Å². The van der Waals surface area contributed by atoms with Crippen LogP contribution in [0.2, 0.25) is 10.2 Å². The summed E-state index contributed by atoms with van der Waals surface area (Å²) in [6.45, 7) is -1.48. The lowest BCUT2D eigenvalue weighted by Crippen LogP contribution is -2.41. The van der Waals surface area contributed by atoms with Gasteiger partial charge in [-0.05, 0) is 6.07 Å². The lowest BCUT2D eigenvalue weighted by atomic mass is 10.2. The molecule has 0 aliphatic rings. The van der Waals surface area contributed by atoms with E-state index in [1.807, 2.05) is 0 Å². The van der Waals surface area contributed by atoms with Crippen molar-refractivity contribution in [3.05, 3.63) is 28.0 Å². The molecule has 0 atom stereocenters. The topological polar surface area (TPSA) is 42.0 Å². The molecule has 0 bridgehead atoms. The summed E-state index contributed by atoms with van der Waals surface area (Å²) in [4.78, 5) is 14.9. The Hall–Kier alpha value is -1.08. The van der Waals surface area contributed by atoms with E-state index in [1.54, 1.807) is 5.32 Å². The zero-order valence-corrected chi connectivity index (χ0v) is 10.1. The maximum absolute atomic E-state index is 12.5. The number of hydrogen-bond donors (Lipinski definition) is 1. The van der Waals surface area contributed by atoms with Gasteiger partial charge in [0.1, 0.15) is 5.15 Å². The maximum Gasteiger partial charge on any atom is 0.324 e. The molecule has 18 heavy (non-hydrogen) atoms. The van der Waals surface area contributed by atoms with Gasteiger partial charge in [-0.1, -0.05) is 23.2 Å². The molecule has 0 aliphatic carbocycles. The summed E-state index contributed by atoms with van der Waals surface area (Å²) in [5, 5.41) is 1.54. The van der Waals surface area contributed by atoms with Gasteiger partial charge in [0.2, 0.25) is 0 Å². The summed E-state index contributed by atoms with van der Waals surface area (Å²) >= 11 is 11.0. The molecule has 0 aliphatic heterocycles. The van der Waals surface area contributed by atoms with Crippen LogP contribution in [0.15, 0.2) is 12.3 Å². The van der Waals surface area contributed by atoms with E-state index in [0.29, 0.717) is 0 Å². The quantitative estimate of drug-likeness (QED) is 0.686. The van der Waals surface area contributed by atoms with Gasteiger partial charge in [0.15, 0.2) is 0 Å². The largest absolute Gasteiger partial charge is 0.346 e. The predicted octanol–water partition coefficient (Wildman–Crippen LogP) is 3.02. The smallest absolute Gasteiger partial charge is 0.324 e. The Balaban J connectivity index is 2.69. The fourth-order valence-corrected chi connectivity index (χ4v) is 1.19. The molecule has 1 amide bonds. The lowest BCUT2D eigenvalue weighted by molar-refractivity contribution is -0.123. The van der Waals surface area contributed by atoms with E-state index in [1.165, 1.54) is 0 Å². The standard InChI is InChI=1S/C9H6Cl2F4N2O/c10-5-1-4(2-16-6(5)11)7(18)17-3-9(14,15)8(12)13/h1-2,8H,3H2,(H,17,18). The Morgan fingerprint density at radius 2 is 2.06 bits per heavy atom. The first-order valence-corrected chi connectivity index (χ1v) is 5.25. The second-order valence-corrected chi connectivity index (χ2v) is 4.01. The molecule has 1 N–H and O–H groups in total. The molecular formula is C9H6Cl2F4N2O. The summed E-state index contributed by atoms with van der Waals surface area (Å²) in [5.74, 6) is -5.29. The van der Waals surface area contributed by atoms with Gasteiger partial charge in [0.25, 0.3) is 5.91 Å². The molecule has 1 heterocycles. The van der Waals surface area contributed by atoms with Crippen LogP contribution < -0.4 is 5.32 Å². The number of amides is 1. The summed E-state index contributed by atoms with van der Waals surface area (Å²) in [6.07, 6.45) is -2.87. The summed E-state index contributed by atoms with van der Waals surface area (Å²) in [6, 6.07) is 1.09. The number of rotatable bonds is 4. The van der Waals surface area contributed by atoms with Crippen LogP contribution in [-0.4, -0.2) is 29.8 Å². The molecule has 0 saturated carbocycles. The number of alkyl halides is 4. The fourth-order valence-electron chi connectivity index (χ4n) is 0.923. The summed E-state index contributed by atoms with van der Waals surface area (Å²) < 4.78 is 48.7. The highest BCUT2D eigenvalue weighted by atomic mass is 35.5. The van der Waals surface area contributed by atoms with Crippen molar-refractivity contribution in [1.29, 1.82) is 0 Å². The van der Waals surface area contributed by atoms with Crippen molar-refractivity contribution in [3.63, 3.8) is 0 Å². The van der Waals surface area contributed by atoms with Crippen LogP contribution in [0, 0.1) is 0 Å². The van der Waals surface area contributed by atoms with Gasteiger partial charge in [0.05, 0.1) is 17.1 Å². The van der Waals surface area contributed by atoms with E-state index in [9.17, 15) is 22.4 Å². The molecule has 0 radical (unpaired) electrons. The van der Waals surface area contributed by atoms with Crippen LogP contribution in [0.1, 0.15) is 10.4 Å². The van der Waals surface area contributed by atoms with Crippen LogP contribution in [0.5, 0.6) is 0 Å². The van der Waals surface area contributed by atoms with Crippen LogP contribution in [0.25, 0.3) is 0 Å². The Morgan fingerprint density at radius 3 is 2.56 bits per heavy atom. The van der Waals surface area contributed by atoms with Gasteiger partial charge in [-0.3, -0.25) is 4.79 Å². The second-order valence-electron chi connectivity index (χ2n) is 3.24. The first-order chi connectivity index (χ1) is 8.24. The molecule has 0 unspecified atom stereocenters.